The number of nitrogens with zero attached hydrogens (tertiary/aromatic N) is 1. The van der Waals surface area contributed by atoms with E-state index in [-0.39, 0.29) is 0 Å². The van der Waals surface area contributed by atoms with Gasteiger partial charge >= 0.3 is 0 Å². The maximum atomic E-state index is 5.42. The maximum absolute atomic E-state index is 5.42. The molecule has 1 aliphatic heterocycles. The molecule has 1 heterocycles. The van der Waals surface area contributed by atoms with E-state index >= 15 is 0 Å². The highest BCUT2D eigenvalue weighted by Crippen LogP contribution is 2.21. The molecule has 0 aromatic heterocycles. The molecule has 3 rings (SSSR count). The highest BCUT2D eigenvalue weighted by molar-refractivity contribution is 5.30. The van der Waals surface area contributed by atoms with E-state index in [2.05, 4.69) is 52.7 Å². The van der Waals surface area contributed by atoms with E-state index in [1.54, 1.807) is 7.11 Å². The molecular formula is C21H28N2O2. The van der Waals surface area contributed by atoms with Gasteiger partial charge in [0, 0.05) is 32.2 Å². The number of hydrogen-bond acceptors (Lipinski definition) is 4. The zero-order chi connectivity index (χ0) is 17.3. The van der Waals surface area contributed by atoms with Crippen LogP contribution >= 0.6 is 0 Å². The van der Waals surface area contributed by atoms with Gasteiger partial charge in [-0.2, -0.15) is 0 Å². The van der Waals surface area contributed by atoms with Crippen molar-refractivity contribution < 1.29 is 9.47 Å². The van der Waals surface area contributed by atoms with Gasteiger partial charge in [-0.3, -0.25) is 4.90 Å². The molecule has 1 N–H and O–H groups in total. The van der Waals surface area contributed by atoms with E-state index < -0.39 is 0 Å². The Morgan fingerprint density at radius 3 is 2.44 bits per heavy atom. The smallest absolute Gasteiger partial charge is 0.118 e. The average Bonchev–Trinajstić information content (AvgIpc) is 2.69. The van der Waals surface area contributed by atoms with Gasteiger partial charge in [0.1, 0.15) is 5.75 Å². The molecule has 0 radical (unpaired) electrons. The lowest BCUT2D eigenvalue weighted by Crippen LogP contribution is -2.41. The van der Waals surface area contributed by atoms with E-state index in [0.29, 0.717) is 6.04 Å². The predicted molar refractivity (Wildman–Crippen MR) is 101 cm³/mol. The van der Waals surface area contributed by atoms with E-state index in [0.717, 1.165) is 51.6 Å². The van der Waals surface area contributed by atoms with E-state index in [1.807, 2.05) is 12.1 Å². The van der Waals surface area contributed by atoms with E-state index in [1.165, 1.54) is 11.1 Å². The molecular weight excluding hydrogens is 312 g/mol. The fourth-order valence-electron chi connectivity index (χ4n) is 3.22. The largest absolute Gasteiger partial charge is 0.497 e. The lowest BCUT2D eigenvalue weighted by molar-refractivity contribution is 0.0381. The van der Waals surface area contributed by atoms with Gasteiger partial charge in [0.05, 0.1) is 20.3 Å². The van der Waals surface area contributed by atoms with Gasteiger partial charge < -0.3 is 14.8 Å². The number of hydrogen-bond donors (Lipinski definition) is 1. The Bertz CT molecular complexity index is 610. The molecule has 134 valence electrons. The van der Waals surface area contributed by atoms with Crippen molar-refractivity contribution in [2.75, 3.05) is 46.5 Å². The molecule has 4 heteroatoms. The third-order valence-corrected chi connectivity index (χ3v) is 4.72. The number of rotatable bonds is 8. The predicted octanol–water partition coefficient (Wildman–Crippen LogP) is 2.90. The summed E-state index contributed by atoms with van der Waals surface area (Å²) in [6, 6.07) is 19.4. The molecule has 1 unspecified atom stereocenters. The minimum absolute atomic E-state index is 0.300. The van der Waals surface area contributed by atoms with Crippen molar-refractivity contribution >= 4 is 0 Å². The first-order chi connectivity index (χ1) is 12.3. The highest BCUT2D eigenvalue weighted by atomic mass is 16.5. The second-order valence-electron chi connectivity index (χ2n) is 6.42. The molecule has 0 amide bonds. The normalized spacial score (nSPS) is 16.5. The van der Waals surface area contributed by atoms with Crippen molar-refractivity contribution in [3.8, 4) is 5.75 Å². The van der Waals surface area contributed by atoms with Crippen LogP contribution < -0.4 is 10.1 Å². The Kier molecular flexibility index (Phi) is 6.86. The zero-order valence-corrected chi connectivity index (χ0v) is 15.0. The first kappa shape index (κ1) is 17.9. The average molecular weight is 340 g/mol. The Hall–Kier alpha value is -1.88. The lowest BCUT2D eigenvalue weighted by atomic mass is 9.98. The van der Waals surface area contributed by atoms with Crippen LogP contribution in [0, 0.1) is 0 Å². The van der Waals surface area contributed by atoms with Crippen LogP contribution in [0.25, 0.3) is 0 Å². The van der Waals surface area contributed by atoms with Crippen molar-refractivity contribution in [1.29, 1.82) is 0 Å². The van der Waals surface area contributed by atoms with Gasteiger partial charge in [0.25, 0.3) is 0 Å². The van der Waals surface area contributed by atoms with Crippen molar-refractivity contribution in [3.05, 3.63) is 65.7 Å². The van der Waals surface area contributed by atoms with Crippen LogP contribution in [0.5, 0.6) is 5.75 Å². The molecule has 0 saturated carbocycles. The molecule has 2 aromatic carbocycles. The summed E-state index contributed by atoms with van der Waals surface area (Å²) in [6.45, 7) is 5.81. The van der Waals surface area contributed by atoms with Crippen LogP contribution in [0.2, 0.25) is 0 Å². The van der Waals surface area contributed by atoms with Gasteiger partial charge in [-0.05, 0) is 29.7 Å². The fraction of sp³-hybridized carbons (Fsp3) is 0.429. The summed E-state index contributed by atoms with van der Waals surface area (Å²) in [5.74, 6) is 0.899. The Morgan fingerprint density at radius 2 is 1.76 bits per heavy atom. The quantitative estimate of drug-likeness (QED) is 0.801. The number of ether oxygens (including phenoxy) is 2. The Balaban J connectivity index is 1.62. The molecule has 1 aliphatic rings. The SMILES string of the molecule is COc1ccc(C(Cc2ccccc2)NCCN2CCOCC2)cc1. The monoisotopic (exact) mass is 340 g/mol. The minimum atomic E-state index is 0.300. The first-order valence-electron chi connectivity index (χ1n) is 9.06. The standard InChI is InChI=1S/C21H28N2O2/c1-24-20-9-7-19(8-10-20)21(17-18-5-3-2-4-6-18)22-11-12-23-13-15-25-16-14-23/h2-10,21-22H,11-17H2,1H3. The Morgan fingerprint density at radius 1 is 1.04 bits per heavy atom. The molecule has 1 saturated heterocycles. The van der Waals surface area contributed by atoms with Crippen LogP contribution in [0.1, 0.15) is 17.2 Å². The van der Waals surface area contributed by atoms with Gasteiger partial charge in [-0.1, -0.05) is 42.5 Å². The maximum Gasteiger partial charge on any atom is 0.118 e. The van der Waals surface area contributed by atoms with Gasteiger partial charge in [0.15, 0.2) is 0 Å². The van der Waals surface area contributed by atoms with Gasteiger partial charge in [-0.25, -0.2) is 0 Å². The first-order valence-corrected chi connectivity index (χ1v) is 9.06. The summed E-state index contributed by atoms with van der Waals surface area (Å²) in [6.07, 6.45) is 0.982. The molecule has 2 aromatic rings. The molecule has 4 nitrogen and oxygen atoms in total. The van der Waals surface area contributed by atoms with Crippen molar-refractivity contribution in [1.82, 2.24) is 10.2 Å². The fourth-order valence-corrected chi connectivity index (χ4v) is 3.22. The van der Waals surface area contributed by atoms with Crippen molar-refractivity contribution in [3.63, 3.8) is 0 Å². The number of methoxy groups -OCH3 is 1. The summed E-state index contributed by atoms with van der Waals surface area (Å²) >= 11 is 0. The molecule has 0 spiro atoms. The van der Waals surface area contributed by atoms with Crippen LogP contribution in [0.3, 0.4) is 0 Å². The molecule has 25 heavy (non-hydrogen) atoms. The summed E-state index contributed by atoms with van der Waals surface area (Å²) in [5, 5.41) is 3.75. The molecule has 1 atom stereocenters. The molecule has 0 bridgehead atoms. The zero-order valence-electron chi connectivity index (χ0n) is 15.0. The number of nitrogens with one attached hydrogen (secondary N) is 1. The van der Waals surface area contributed by atoms with Gasteiger partial charge in [0.2, 0.25) is 0 Å². The van der Waals surface area contributed by atoms with Crippen molar-refractivity contribution in [2.24, 2.45) is 0 Å². The van der Waals surface area contributed by atoms with E-state index in [4.69, 9.17) is 9.47 Å². The summed E-state index contributed by atoms with van der Waals surface area (Å²) in [4.78, 5) is 2.46. The van der Waals surface area contributed by atoms with E-state index in [9.17, 15) is 0 Å². The topological polar surface area (TPSA) is 33.7 Å². The Labute approximate surface area is 150 Å². The third-order valence-electron chi connectivity index (χ3n) is 4.72. The summed E-state index contributed by atoms with van der Waals surface area (Å²) < 4.78 is 10.7. The molecule has 0 aliphatic carbocycles. The number of morpholine rings is 1. The third kappa shape index (κ3) is 5.56. The lowest BCUT2D eigenvalue weighted by Gasteiger charge is -2.28. The van der Waals surface area contributed by atoms with Crippen LogP contribution in [0.15, 0.2) is 54.6 Å². The minimum Gasteiger partial charge on any atom is -0.497 e. The van der Waals surface area contributed by atoms with Crippen molar-refractivity contribution in [2.45, 2.75) is 12.5 Å². The van der Waals surface area contributed by atoms with Crippen LogP contribution in [-0.4, -0.2) is 51.4 Å². The second-order valence-corrected chi connectivity index (χ2v) is 6.42. The summed E-state index contributed by atoms with van der Waals surface area (Å²) in [5.41, 5.74) is 2.65. The second kappa shape index (κ2) is 9.56. The molecule has 1 fully saturated rings. The van der Waals surface area contributed by atoms with Crippen LogP contribution in [-0.2, 0) is 11.2 Å². The van der Waals surface area contributed by atoms with Gasteiger partial charge in [-0.15, -0.1) is 0 Å². The van der Waals surface area contributed by atoms with Crippen LogP contribution in [0.4, 0.5) is 0 Å². The summed E-state index contributed by atoms with van der Waals surface area (Å²) in [7, 11) is 1.71. The highest BCUT2D eigenvalue weighted by Gasteiger charge is 2.14. The number of benzene rings is 2.